The van der Waals surface area contributed by atoms with Gasteiger partial charge in [-0.25, -0.2) is 0 Å². The summed E-state index contributed by atoms with van der Waals surface area (Å²) in [4.78, 5) is 11.9. The number of hydrogen-bond acceptors (Lipinski definition) is 2. The minimum atomic E-state index is -2.15. The van der Waals surface area contributed by atoms with Crippen molar-refractivity contribution in [2.75, 3.05) is 6.61 Å². The number of carbonyl (C=O) groups is 1. The van der Waals surface area contributed by atoms with Crippen molar-refractivity contribution in [3.05, 3.63) is 35.4 Å². The quantitative estimate of drug-likeness (QED) is 0.243. The van der Waals surface area contributed by atoms with E-state index in [1.54, 1.807) is 0 Å². The molecule has 2 nitrogen and oxygen atoms in total. The van der Waals surface area contributed by atoms with Crippen LogP contribution in [0, 0.1) is 0 Å². The van der Waals surface area contributed by atoms with Crippen molar-refractivity contribution < 1.29 is 9.53 Å². The molecule has 0 aliphatic carbocycles. The van der Waals surface area contributed by atoms with Gasteiger partial charge >= 0.3 is 160 Å². The fourth-order valence-corrected chi connectivity index (χ4v) is 19.9. The van der Waals surface area contributed by atoms with Crippen LogP contribution in [0.3, 0.4) is 0 Å². The van der Waals surface area contributed by atoms with E-state index in [9.17, 15) is 4.79 Å². The molecule has 3 heteroatoms. The van der Waals surface area contributed by atoms with Gasteiger partial charge in [-0.1, -0.05) is 0 Å². The van der Waals surface area contributed by atoms with Crippen LogP contribution in [0.25, 0.3) is 0 Å². The van der Waals surface area contributed by atoms with Crippen molar-refractivity contribution in [3.8, 4) is 0 Å². The Morgan fingerprint density at radius 3 is 1.72 bits per heavy atom. The summed E-state index contributed by atoms with van der Waals surface area (Å²) in [6.45, 7) is 9.26. The van der Waals surface area contributed by atoms with E-state index in [4.69, 9.17) is 4.74 Å². The third-order valence-corrected chi connectivity index (χ3v) is 20.6. The van der Waals surface area contributed by atoms with Crippen molar-refractivity contribution in [2.24, 2.45) is 0 Å². The first-order valence-corrected chi connectivity index (χ1v) is 18.4. The predicted molar refractivity (Wildman–Crippen MR) is 111 cm³/mol. The predicted octanol–water partition coefficient (Wildman–Crippen LogP) is 6.79. The molecule has 1 rings (SSSR count). The molecule has 0 radical (unpaired) electrons. The topological polar surface area (TPSA) is 26.3 Å². The molecule has 0 amide bonds. The Balaban J connectivity index is 2.91. The van der Waals surface area contributed by atoms with Crippen LogP contribution in [-0.2, 0) is 9.17 Å². The van der Waals surface area contributed by atoms with E-state index in [1.807, 2.05) is 19.1 Å². The third-order valence-electron chi connectivity index (χ3n) is 5.23. The number of carbonyl (C=O) groups excluding carboxylic acids is 1. The summed E-state index contributed by atoms with van der Waals surface area (Å²) in [6.07, 6.45) is 8.18. The molecule has 0 unspecified atom stereocenters. The number of unbranched alkanes of at least 4 members (excludes halogenated alkanes) is 3. The molecule has 142 valence electrons. The van der Waals surface area contributed by atoms with E-state index in [-0.39, 0.29) is 5.97 Å². The standard InChI is InChI=1S/C10H11O2.3C4H9.Sn/c1-3-12-10(11)9-6-4-8(2)5-7-9;3*1-3-4-2;/h4-7H,2-3H2,1H3;3*1,3-4H2,2H3;. The molecular formula is C22H38O2Sn. The van der Waals surface area contributed by atoms with Crippen LogP contribution in [0.5, 0.6) is 0 Å². The van der Waals surface area contributed by atoms with E-state index in [1.165, 1.54) is 61.8 Å². The summed E-state index contributed by atoms with van der Waals surface area (Å²) in [5.41, 5.74) is 2.13. The van der Waals surface area contributed by atoms with Crippen molar-refractivity contribution in [2.45, 2.75) is 84.0 Å². The Labute approximate surface area is 159 Å². The first-order valence-electron chi connectivity index (χ1n) is 10.4. The molecule has 0 aliphatic rings. The van der Waals surface area contributed by atoms with Gasteiger partial charge in [0, 0.05) is 0 Å². The summed E-state index contributed by atoms with van der Waals surface area (Å²) in [7, 11) is 0. The van der Waals surface area contributed by atoms with E-state index in [0.29, 0.717) is 12.2 Å². The van der Waals surface area contributed by atoms with Crippen LogP contribution in [-0.4, -0.2) is 31.0 Å². The molecule has 0 N–H and O–H groups in total. The molecule has 0 spiro atoms. The Morgan fingerprint density at radius 2 is 1.32 bits per heavy atom. The maximum absolute atomic E-state index is 11.9. The summed E-state index contributed by atoms with van der Waals surface area (Å²) < 4.78 is 11.0. The van der Waals surface area contributed by atoms with E-state index in [0.717, 1.165) is 0 Å². The van der Waals surface area contributed by atoms with Gasteiger partial charge in [0.15, 0.2) is 0 Å². The molecule has 1 aromatic rings. The van der Waals surface area contributed by atoms with Gasteiger partial charge in [0.2, 0.25) is 0 Å². The Bertz CT molecular complexity index is 460. The van der Waals surface area contributed by atoms with Gasteiger partial charge in [0.05, 0.1) is 0 Å². The molecule has 0 atom stereocenters. The van der Waals surface area contributed by atoms with Crippen LogP contribution in [0.4, 0.5) is 0 Å². The fourth-order valence-electron chi connectivity index (χ4n) is 3.70. The molecule has 0 saturated carbocycles. The average molecular weight is 453 g/mol. The van der Waals surface area contributed by atoms with Gasteiger partial charge in [-0.05, 0) is 0 Å². The third kappa shape index (κ3) is 8.15. The summed E-state index contributed by atoms with van der Waals surface area (Å²) in [5.74, 6) is -0.202. The molecule has 1 aromatic carbocycles. The van der Waals surface area contributed by atoms with Crippen molar-refractivity contribution in [1.82, 2.24) is 0 Å². The van der Waals surface area contributed by atoms with Crippen molar-refractivity contribution in [3.63, 3.8) is 0 Å². The molecule has 0 saturated heterocycles. The summed E-state index contributed by atoms with van der Waals surface area (Å²) in [5, 5.41) is 0. The first-order chi connectivity index (χ1) is 12.1. The summed E-state index contributed by atoms with van der Waals surface area (Å²) in [6, 6.07) is 8.29. The van der Waals surface area contributed by atoms with E-state index >= 15 is 0 Å². The second-order valence-corrected chi connectivity index (χ2v) is 21.3. The van der Waals surface area contributed by atoms with Gasteiger partial charge in [-0.15, -0.1) is 0 Å². The maximum atomic E-state index is 11.9. The van der Waals surface area contributed by atoms with Gasteiger partial charge < -0.3 is 0 Å². The number of hydrogen-bond donors (Lipinski definition) is 0. The average Bonchev–Trinajstić information content (AvgIpc) is 2.63. The zero-order chi connectivity index (χ0) is 18.5. The Hall–Kier alpha value is -0.511. The van der Waals surface area contributed by atoms with Gasteiger partial charge in [0.1, 0.15) is 0 Å². The Morgan fingerprint density at radius 1 is 0.840 bits per heavy atom. The van der Waals surface area contributed by atoms with Gasteiger partial charge in [0.25, 0.3) is 0 Å². The van der Waals surface area contributed by atoms with Crippen LogP contribution in [0.15, 0.2) is 24.3 Å². The number of ether oxygens (including phenoxy) is 1. The molecule has 0 bridgehead atoms. The molecule has 0 aliphatic heterocycles. The van der Waals surface area contributed by atoms with Crippen LogP contribution in [0.1, 0.15) is 82.1 Å². The SMILES string of the molecule is CCC[CH2][Sn]([CH2]CCC)([CH2]CCC)[CH2]c1ccc(C(=O)OCC)cc1. The van der Waals surface area contributed by atoms with Crippen molar-refractivity contribution in [1.29, 1.82) is 0 Å². The Kier molecular flexibility index (Phi) is 11.5. The normalized spacial score (nSPS) is 11.5. The number of esters is 1. The van der Waals surface area contributed by atoms with E-state index in [2.05, 4.69) is 32.9 Å². The zero-order valence-corrected chi connectivity index (χ0v) is 19.8. The monoisotopic (exact) mass is 454 g/mol. The molecule has 25 heavy (non-hydrogen) atoms. The van der Waals surface area contributed by atoms with E-state index < -0.39 is 18.4 Å². The molecule has 0 aromatic heterocycles. The van der Waals surface area contributed by atoms with Crippen LogP contribution >= 0.6 is 0 Å². The van der Waals surface area contributed by atoms with Crippen LogP contribution in [0.2, 0.25) is 13.3 Å². The number of rotatable bonds is 13. The molecule has 0 fully saturated rings. The number of benzene rings is 1. The summed E-state index contributed by atoms with van der Waals surface area (Å²) >= 11 is -2.15. The van der Waals surface area contributed by atoms with Crippen LogP contribution < -0.4 is 0 Å². The molecule has 0 heterocycles. The van der Waals surface area contributed by atoms with Gasteiger partial charge in [-0.2, -0.15) is 0 Å². The second kappa shape index (κ2) is 12.8. The van der Waals surface area contributed by atoms with Gasteiger partial charge in [-0.3, -0.25) is 0 Å². The second-order valence-electron chi connectivity index (χ2n) is 7.40. The minimum absolute atomic E-state index is 0.202. The zero-order valence-electron chi connectivity index (χ0n) is 16.9. The first kappa shape index (κ1) is 22.5. The van der Waals surface area contributed by atoms with Crippen molar-refractivity contribution >= 4 is 24.3 Å². The fraction of sp³-hybridized carbons (Fsp3) is 0.682. The molecular weight excluding hydrogens is 415 g/mol.